The van der Waals surface area contributed by atoms with Gasteiger partial charge >= 0.3 is 0 Å². The number of amides is 1. The molecule has 2 aromatic carbocycles. The van der Waals surface area contributed by atoms with E-state index in [1.54, 1.807) is 6.07 Å². The molecular weight excluding hydrogens is 434 g/mol. The number of benzene rings is 2. The number of aromatic nitrogens is 2. The molecule has 0 atom stereocenters. The molecule has 1 heterocycles. The Balaban J connectivity index is 1.09. The number of hydrogen-bond acceptors (Lipinski definition) is 3. The minimum atomic E-state index is -0.149. The van der Waals surface area contributed by atoms with Gasteiger partial charge in [-0.25, -0.2) is 0 Å². The first-order valence-electron chi connectivity index (χ1n) is 11.9. The largest absolute Gasteiger partial charge is 0.487 e. The minimum absolute atomic E-state index is 0.149. The summed E-state index contributed by atoms with van der Waals surface area (Å²) in [6, 6.07) is 16.8. The number of nitrogens with one attached hydrogen (secondary N) is 1. The minimum Gasteiger partial charge on any atom is -0.487 e. The fourth-order valence-electron chi connectivity index (χ4n) is 6.66. The van der Waals surface area contributed by atoms with E-state index in [2.05, 4.69) is 16.2 Å². The quantitative estimate of drug-likeness (QED) is 0.469. The molecule has 3 aromatic rings. The highest BCUT2D eigenvalue weighted by Gasteiger charge is 2.52. The number of nitrogens with zero attached hydrogens (tertiary/aromatic N) is 2. The van der Waals surface area contributed by atoms with E-state index >= 15 is 0 Å². The second-order valence-corrected chi connectivity index (χ2v) is 10.6. The van der Waals surface area contributed by atoms with Crippen LogP contribution in [0.5, 0.6) is 5.75 Å². The van der Waals surface area contributed by atoms with Gasteiger partial charge in [0.25, 0.3) is 5.91 Å². The summed E-state index contributed by atoms with van der Waals surface area (Å²) in [4.78, 5) is 12.8. The predicted octanol–water partition coefficient (Wildman–Crippen LogP) is 6.29. The van der Waals surface area contributed by atoms with E-state index in [-0.39, 0.29) is 11.4 Å². The number of ether oxygens (including phenoxy) is 1. The molecule has 0 saturated heterocycles. The van der Waals surface area contributed by atoms with Crippen molar-refractivity contribution in [3.8, 4) is 5.75 Å². The van der Waals surface area contributed by atoms with Crippen LogP contribution in [0.3, 0.4) is 0 Å². The molecule has 170 valence electrons. The third-order valence-corrected chi connectivity index (χ3v) is 8.08. The smallest absolute Gasteiger partial charge is 0.256 e. The van der Waals surface area contributed by atoms with Crippen molar-refractivity contribution in [2.75, 3.05) is 5.32 Å². The highest BCUT2D eigenvalue weighted by molar-refractivity contribution is 6.32. The summed E-state index contributed by atoms with van der Waals surface area (Å²) in [7, 11) is 0. The first-order valence-corrected chi connectivity index (χ1v) is 12.3. The van der Waals surface area contributed by atoms with Crippen LogP contribution < -0.4 is 10.1 Å². The van der Waals surface area contributed by atoms with Gasteiger partial charge in [0.1, 0.15) is 12.4 Å². The number of hydrogen-bond donors (Lipinski definition) is 1. The average Bonchev–Trinajstić information content (AvgIpc) is 3.27. The molecule has 7 rings (SSSR count). The molecule has 0 unspecified atom stereocenters. The van der Waals surface area contributed by atoms with Gasteiger partial charge in [0.05, 0.1) is 10.6 Å². The molecule has 4 aliphatic carbocycles. The van der Waals surface area contributed by atoms with Gasteiger partial charge in [-0.2, -0.15) is 5.10 Å². The van der Waals surface area contributed by atoms with Gasteiger partial charge in [0.15, 0.2) is 5.82 Å². The van der Waals surface area contributed by atoms with Gasteiger partial charge in [-0.15, -0.1) is 0 Å². The first kappa shape index (κ1) is 20.8. The Hall–Kier alpha value is -2.79. The molecule has 5 nitrogen and oxygen atoms in total. The molecule has 1 aromatic heterocycles. The highest BCUT2D eigenvalue weighted by Crippen LogP contribution is 2.58. The van der Waals surface area contributed by atoms with Gasteiger partial charge in [0.2, 0.25) is 0 Å². The van der Waals surface area contributed by atoms with Crippen LogP contribution >= 0.6 is 11.6 Å². The summed E-state index contributed by atoms with van der Waals surface area (Å²) in [5.74, 6) is 3.71. The van der Waals surface area contributed by atoms with E-state index in [1.165, 1.54) is 38.5 Å². The van der Waals surface area contributed by atoms with Crippen LogP contribution in [0.15, 0.2) is 60.8 Å². The molecule has 4 fully saturated rings. The van der Waals surface area contributed by atoms with Crippen LogP contribution in [-0.2, 0) is 12.1 Å². The maximum Gasteiger partial charge on any atom is 0.256 e. The molecule has 4 bridgehead atoms. The van der Waals surface area contributed by atoms with Gasteiger partial charge in [-0.1, -0.05) is 35.9 Å². The number of carbonyl (C=O) groups is 1. The van der Waals surface area contributed by atoms with Crippen molar-refractivity contribution in [3.05, 3.63) is 76.9 Å². The zero-order chi connectivity index (χ0) is 22.4. The Morgan fingerprint density at radius 2 is 1.67 bits per heavy atom. The predicted molar refractivity (Wildman–Crippen MR) is 129 cm³/mol. The van der Waals surface area contributed by atoms with Crippen molar-refractivity contribution in [2.45, 2.75) is 50.7 Å². The van der Waals surface area contributed by atoms with Gasteiger partial charge in [-0.05, 0) is 86.1 Å². The van der Waals surface area contributed by atoms with Gasteiger partial charge in [0, 0.05) is 17.8 Å². The first-order chi connectivity index (χ1) is 16.1. The average molecular weight is 462 g/mol. The van der Waals surface area contributed by atoms with Crippen molar-refractivity contribution >= 4 is 23.3 Å². The zero-order valence-electron chi connectivity index (χ0n) is 18.5. The third-order valence-electron chi connectivity index (χ3n) is 7.77. The number of para-hydroxylation sites is 1. The number of carbonyl (C=O) groups excluding carboxylic acids is 1. The molecule has 4 aliphatic rings. The second-order valence-electron chi connectivity index (χ2n) is 10.2. The third kappa shape index (κ3) is 4.04. The molecule has 1 amide bonds. The van der Waals surface area contributed by atoms with Crippen molar-refractivity contribution in [1.82, 2.24) is 9.78 Å². The normalized spacial score (nSPS) is 27.5. The fraction of sp³-hybridized carbons (Fsp3) is 0.407. The Morgan fingerprint density at radius 1 is 1.00 bits per heavy atom. The summed E-state index contributed by atoms with van der Waals surface area (Å²) < 4.78 is 7.95. The van der Waals surface area contributed by atoms with E-state index in [4.69, 9.17) is 21.4 Å². The Morgan fingerprint density at radius 3 is 2.33 bits per heavy atom. The lowest BCUT2D eigenvalue weighted by atomic mass is 9.53. The van der Waals surface area contributed by atoms with E-state index in [1.807, 2.05) is 48.5 Å². The van der Waals surface area contributed by atoms with Crippen LogP contribution in [0.25, 0.3) is 0 Å². The molecule has 0 radical (unpaired) electrons. The van der Waals surface area contributed by atoms with Gasteiger partial charge < -0.3 is 10.1 Å². The van der Waals surface area contributed by atoms with Crippen LogP contribution in [-0.4, -0.2) is 15.7 Å². The van der Waals surface area contributed by atoms with Gasteiger partial charge in [-0.3, -0.25) is 9.48 Å². The van der Waals surface area contributed by atoms with E-state index in [0.717, 1.165) is 23.3 Å². The second kappa shape index (κ2) is 8.21. The molecule has 6 heteroatoms. The van der Waals surface area contributed by atoms with Crippen molar-refractivity contribution in [1.29, 1.82) is 0 Å². The lowest BCUT2D eigenvalue weighted by Gasteiger charge is -2.56. The monoisotopic (exact) mass is 461 g/mol. The van der Waals surface area contributed by atoms with Crippen LogP contribution in [0.1, 0.15) is 54.4 Å². The Bertz CT molecular complexity index is 1130. The van der Waals surface area contributed by atoms with Crippen molar-refractivity contribution in [2.24, 2.45) is 17.8 Å². The topological polar surface area (TPSA) is 56.2 Å². The maximum atomic E-state index is 12.8. The zero-order valence-corrected chi connectivity index (χ0v) is 19.3. The number of anilines is 1. The van der Waals surface area contributed by atoms with E-state index < -0.39 is 0 Å². The maximum absolute atomic E-state index is 12.8. The molecule has 0 aliphatic heterocycles. The SMILES string of the molecule is O=C(Nc1ccn(C23CC4CC(CC(C4)C2)C3)n1)c1ccc(COc2ccccc2Cl)cc1. The van der Waals surface area contributed by atoms with Crippen LogP contribution in [0, 0.1) is 17.8 Å². The van der Waals surface area contributed by atoms with E-state index in [0.29, 0.717) is 28.8 Å². The molecule has 4 saturated carbocycles. The molecule has 0 spiro atoms. The lowest BCUT2D eigenvalue weighted by Crippen LogP contribution is -2.52. The standard InChI is InChI=1S/C27H28ClN3O2/c28-23-3-1-2-4-24(23)33-17-18-5-7-22(8-6-18)26(32)29-25-9-10-31(30-25)27-14-19-11-20(15-27)13-21(12-19)16-27/h1-10,19-21H,11-17H2,(H,29,30,32). The van der Waals surface area contributed by atoms with Crippen molar-refractivity contribution < 1.29 is 9.53 Å². The Kier molecular flexibility index (Phi) is 5.17. The summed E-state index contributed by atoms with van der Waals surface area (Å²) in [6.45, 7) is 0.390. The highest BCUT2D eigenvalue weighted by atomic mass is 35.5. The van der Waals surface area contributed by atoms with Crippen molar-refractivity contribution in [3.63, 3.8) is 0 Å². The Labute approximate surface area is 199 Å². The summed E-state index contributed by atoms with van der Waals surface area (Å²) in [5.41, 5.74) is 1.74. The number of halogens is 1. The number of rotatable bonds is 6. The molecular formula is C27H28ClN3O2. The van der Waals surface area contributed by atoms with Crippen LogP contribution in [0.4, 0.5) is 5.82 Å². The fourth-order valence-corrected chi connectivity index (χ4v) is 6.85. The summed E-state index contributed by atoms with van der Waals surface area (Å²) in [5, 5.41) is 8.37. The summed E-state index contributed by atoms with van der Waals surface area (Å²) in [6.07, 6.45) is 10.0. The van der Waals surface area contributed by atoms with Crippen LogP contribution in [0.2, 0.25) is 5.02 Å². The lowest BCUT2D eigenvalue weighted by molar-refractivity contribution is -0.0492. The van der Waals surface area contributed by atoms with E-state index in [9.17, 15) is 4.79 Å². The molecule has 33 heavy (non-hydrogen) atoms. The summed E-state index contributed by atoms with van der Waals surface area (Å²) >= 11 is 6.14. The molecule has 1 N–H and O–H groups in total.